The molecule has 1 aromatic carbocycles. The third-order valence-corrected chi connectivity index (χ3v) is 4.00. The normalized spacial score (nSPS) is 15.2. The predicted octanol–water partition coefficient (Wildman–Crippen LogP) is 2.22. The number of anilines is 1. The zero-order valence-electron chi connectivity index (χ0n) is 13.9. The van der Waals surface area contributed by atoms with E-state index in [0.29, 0.717) is 0 Å². The topological polar surface area (TPSA) is 71.4 Å². The van der Waals surface area contributed by atoms with Crippen molar-refractivity contribution in [2.24, 2.45) is 7.05 Å². The third-order valence-electron chi connectivity index (χ3n) is 4.00. The monoisotopic (exact) mass is 383 g/mol. The molecule has 1 aliphatic heterocycles. The Morgan fingerprint density at radius 3 is 2.33 bits per heavy atom. The van der Waals surface area contributed by atoms with Gasteiger partial charge in [0.15, 0.2) is 11.6 Å². The molecule has 0 atom stereocenters. The first-order valence-electron chi connectivity index (χ1n) is 7.71. The molecule has 1 N–H and O–H groups in total. The van der Waals surface area contributed by atoms with Gasteiger partial charge in [-0.3, -0.25) is 14.4 Å². The molecule has 2 aromatic rings. The number of Topliss-reactive ketones (excluding diaryl/α,β-unsaturated/α-hetero) is 1. The van der Waals surface area contributed by atoms with Gasteiger partial charge in [-0.05, 0) is 18.2 Å². The van der Waals surface area contributed by atoms with Gasteiger partial charge in [-0.15, -0.1) is 0 Å². The number of amides is 2. The lowest BCUT2D eigenvalue weighted by Gasteiger charge is -2.37. The number of ketones is 1. The van der Waals surface area contributed by atoms with Crippen LogP contribution in [0.3, 0.4) is 0 Å². The average molecular weight is 383 g/mol. The lowest BCUT2D eigenvalue weighted by Crippen LogP contribution is -2.59. The van der Waals surface area contributed by atoms with Gasteiger partial charge in [-0.25, -0.2) is 17.6 Å². The van der Waals surface area contributed by atoms with Gasteiger partial charge in [-0.1, -0.05) is 0 Å². The van der Waals surface area contributed by atoms with Crippen LogP contribution in [0, 0.1) is 11.6 Å². The Kier molecular flexibility index (Phi) is 4.50. The fraction of sp³-hybridized carbons (Fsp3) is 0.235. The number of carbonyl (C=O) groups is 3. The Morgan fingerprint density at radius 1 is 1.07 bits per heavy atom. The number of rotatable bonds is 4. The molecule has 0 unspecified atom stereocenters. The van der Waals surface area contributed by atoms with Crippen molar-refractivity contribution < 1.29 is 31.9 Å². The molecule has 0 radical (unpaired) electrons. The number of hydrogen-bond donors (Lipinski definition) is 1. The van der Waals surface area contributed by atoms with Crippen LogP contribution in [0.5, 0.6) is 0 Å². The minimum atomic E-state index is -3.00. The largest absolute Gasteiger partial charge is 0.346 e. The van der Waals surface area contributed by atoms with Crippen LogP contribution >= 0.6 is 0 Å². The number of likely N-dealkylation sites (tertiary alicyclic amines) is 1. The van der Waals surface area contributed by atoms with E-state index in [1.165, 1.54) is 17.8 Å². The van der Waals surface area contributed by atoms with Crippen LogP contribution in [0.15, 0.2) is 30.5 Å². The Morgan fingerprint density at radius 2 is 1.74 bits per heavy atom. The number of alkyl halides is 2. The van der Waals surface area contributed by atoms with Gasteiger partial charge in [0.2, 0.25) is 0 Å². The smallest absolute Gasteiger partial charge is 0.295 e. The van der Waals surface area contributed by atoms with Gasteiger partial charge in [-0.2, -0.15) is 0 Å². The van der Waals surface area contributed by atoms with E-state index in [1.54, 1.807) is 0 Å². The molecule has 1 aliphatic rings. The van der Waals surface area contributed by atoms with E-state index >= 15 is 0 Å². The van der Waals surface area contributed by atoms with Crippen molar-refractivity contribution in [1.29, 1.82) is 0 Å². The molecule has 2 heterocycles. The first kappa shape index (κ1) is 18.6. The highest BCUT2D eigenvalue weighted by Gasteiger charge is 2.47. The molecule has 2 amide bonds. The van der Waals surface area contributed by atoms with Gasteiger partial charge in [0.1, 0.15) is 5.69 Å². The fourth-order valence-corrected chi connectivity index (χ4v) is 2.61. The van der Waals surface area contributed by atoms with Crippen molar-refractivity contribution in [3.05, 3.63) is 53.4 Å². The minimum absolute atomic E-state index is 0.00753. The molecule has 0 aliphatic carbocycles. The molecule has 142 valence electrons. The zero-order valence-corrected chi connectivity index (χ0v) is 13.9. The summed E-state index contributed by atoms with van der Waals surface area (Å²) >= 11 is 0. The molecule has 1 aromatic heterocycles. The molecule has 10 heteroatoms. The number of halogens is 4. The summed E-state index contributed by atoms with van der Waals surface area (Å²) in [5.74, 6) is -8.05. The Labute approximate surface area is 150 Å². The van der Waals surface area contributed by atoms with Crippen LogP contribution in [0.25, 0.3) is 0 Å². The predicted molar refractivity (Wildman–Crippen MR) is 85.6 cm³/mol. The summed E-state index contributed by atoms with van der Waals surface area (Å²) in [4.78, 5) is 37.1. The molecule has 1 saturated heterocycles. The Balaban J connectivity index is 1.73. The van der Waals surface area contributed by atoms with Gasteiger partial charge < -0.3 is 14.8 Å². The quantitative estimate of drug-likeness (QED) is 0.500. The van der Waals surface area contributed by atoms with Crippen LogP contribution in [-0.4, -0.2) is 46.1 Å². The number of hydrogen-bond acceptors (Lipinski definition) is 3. The van der Waals surface area contributed by atoms with Gasteiger partial charge in [0, 0.05) is 30.6 Å². The number of nitrogens with zero attached hydrogens (tertiary/aromatic N) is 2. The summed E-state index contributed by atoms with van der Waals surface area (Å²) in [7, 11) is 1.43. The lowest BCUT2D eigenvalue weighted by atomic mass is 10.1. The van der Waals surface area contributed by atoms with E-state index in [4.69, 9.17) is 0 Å². The first-order valence-corrected chi connectivity index (χ1v) is 7.71. The maximum absolute atomic E-state index is 13.2. The Bertz CT molecular complexity index is 947. The van der Waals surface area contributed by atoms with Crippen molar-refractivity contribution in [2.75, 3.05) is 18.4 Å². The number of aromatic nitrogens is 1. The van der Waals surface area contributed by atoms with Crippen LogP contribution in [0.4, 0.5) is 23.2 Å². The van der Waals surface area contributed by atoms with Crippen LogP contribution in [-0.2, 0) is 11.8 Å². The molecule has 0 spiro atoms. The van der Waals surface area contributed by atoms with Gasteiger partial charge >= 0.3 is 0 Å². The molecule has 0 bridgehead atoms. The van der Waals surface area contributed by atoms with E-state index < -0.39 is 48.2 Å². The molecule has 3 rings (SSSR count). The standard InChI is InChI=1S/C17H13F4N3O3/c1-23-6-9(14(25)16(27)24-7-17(20,21)8-24)4-13(23)15(26)22-10-2-3-11(18)12(19)5-10/h2-6H,7-8H2,1H3,(H,22,26). The summed E-state index contributed by atoms with van der Waals surface area (Å²) in [6.45, 7) is -1.65. The van der Waals surface area contributed by atoms with Crippen molar-refractivity contribution in [2.45, 2.75) is 5.92 Å². The molecular formula is C17H13F4N3O3. The van der Waals surface area contributed by atoms with Crippen molar-refractivity contribution in [3.8, 4) is 0 Å². The SMILES string of the molecule is Cn1cc(C(=O)C(=O)N2CC(F)(F)C2)cc1C(=O)Nc1ccc(F)c(F)c1. The van der Waals surface area contributed by atoms with E-state index in [0.717, 1.165) is 29.2 Å². The molecule has 0 saturated carbocycles. The second-order valence-electron chi connectivity index (χ2n) is 6.15. The number of carbonyl (C=O) groups excluding carboxylic acids is 3. The zero-order chi connectivity index (χ0) is 19.9. The van der Waals surface area contributed by atoms with Gasteiger partial charge in [0.05, 0.1) is 13.1 Å². The summed E-state index contributed by atoms with van der Waals surface area (Å²) in [5.41, 5.74) is -0.190. The lowest BCUT2D eigenvalue weighted by molar-refractivity contribution is -0.160. The van der Waals surface area contributed by atoms with Crippen LogP contribution in [0.2, 0.25) is 0 Å². The van der Waals surface area contributed by atoms with E-state index in [2.05, 4.69) is 5.32 Å². The summed E-state index contributed by atoms with van der Waals surface area (Å²) in [6.07, 6.45) is 1.21. The van der Waals surface area contributed by atoms with E-state index in [9.17, 15) is 31.9 Å². The summed E-state index contributed by atoms with van der Waals surface area (Å²) < 4.78 is 53.1. The summed E-state index contributed by atoms with van der Waals surface area (Å²) in [6, 6.07) is 3.90. The highest BCUT2D eigenvalue weighted by molar-refractivity contribution is 6.43. The Hall–Kier alpha value is -3.17. The second kappa shape index (κ2) is 6.53. The number of nitrogens with one attached hydrogen (secondary N) is 1. The molecule has 1 fully saturated rings. The highest BCUT2D eigenvalue weighted by atomic mass is 19.3. The molecule has 27 heavy (non-hydrogen) atoms. The van der Waals surface area contributed by atoms with E-state index in [-0.39, 0.29) is 16.9 Å². The summed E-state index contributed by atoms with van der Waals surface area (Å²) in [5, 5.41) is 2.33. The van der Waals surface area contributed by atoms with E-state index in [1.807, 2.05) is 0 Å². The minimum Gasteiger partial charge on any atom is -0.346 e. The number of aryl methyl sites for hydroxylation is 1. The first-order chi connectivity index (χ1) is 12.6. The molecule has 6 nitrogen and oxygen atoms in total. The maximum Gasteiger partial charge on any atom is 0.295 e. The average Bonchev–Trinajstić information content (AvgIpc) is 2.96. The second-order valence-corrected chi connectivity index (χ2v) is 6.15. The van der Waals surface area contributed by atoms with Crippen LogP contribution in [0.1, 0.15) is 20.8 Å². The third kappa shape index (κ3) is 3.69. The molecular weight excluding hydrogens is 370 g/mol. The van der Waals surface area contributed by atoms with Crippen molar-refractivity contribution in [3.63, 3.8) is 0 Å². The van der Waals surface area contributed by atoms with Gasteiger partial charge in [0.25, 0.3) is 23.5 Å². The fourth-order valence-electron chi connectivity index (χ4n) is 2.61. The van der Waals surface area contributed by atoms with Crippen LogP contribution < -0.4 is 5.32 Å². The number of benzene rings is 1. The maximum atomic E-state index is 13.2. The van der Waals surface area contributed by atoms with Crippen molar-refractivity contribution in [1.82, 2.24) is 9.47 Å². The van der Waals surface area contributed by atoms with Crippen molar-refractivity contribution >= 4 is 23.3 Å². The highest BCUT2D eigenvalue weighted by Crippen LogP contribution is 2.27.